The van der Waals surface area contributed by atoms with Gasteiger partial charge in [0.2, 0.25) is 9.84 Å². The van der Waals surface area contributed by atoms with Crippen molar-refractivity contribution in [2.75, 3.05) is 13.2 Å². The zero-order valence-corrected chi connectivity index (χ0v) is 27.1. The molecule has 5 rings (SSSR count). The molecule has 1 aliphatic carbocycles. The largest absolute Gasteiger partial charge is 0.377 e. The van der Waals surface area contributed by atoms with Crippen molar-refractivity contribution in [1.29, 1.82) is 0 Å². The molecule has 1 amide bonds. The first-order valence-electron chi connectivity index (χ1n) is 16.6. The number of fused-ring (bicyclic) bond motifs is 2. The molecule has 1 spiro atoms. The molecule has 1 saturated carbocycles. The van der Waals surface area contributed by atoms with E-state index in [1.807, 2.05) is 13.0 Å². The lowest BCUT2D eigenvalue weighted by molar-refractivity contribution is 0.0946. The fraction of sp³-hybridized carbons (Fsp3) is 0.528. The number of nitrogens with one attached hydrogen (secondary N) is 3. The van der Waals surface area contributed by atoms with Crippen LogP contribution in [0.3, 0.4) is 0 Å². The van der Waals surface area contributed by atoms with Crippen LogP contribution < -0.4 is 10.6 Å². The quantitative estimate of drug-likeness (QED) is 0.245. The second-order valence-electron chi connectivity index (χ2n) is 12.6. The lowest BCUT2D eigenvalue weighted by Gasteiger charge is -2.38. The highest BCUT2D eigenvalue weighted by molar-refractivity contribution is 7.91. The molecule has 2 heterocycles. The molecule has 8 heteroatoms. The minimum atomic E-state index is -3.64. The number of H-pyrrole nitrogens is 1. The molecular formula is C36H49N3O4S. The second-order valence-corrected chi connectivity index (χ2v) is 14.6. The van der Waals surface area contributed by atoms with Gasteiger partial charge in [-0.3, -0.25) is 4.79 Å². The smallest absolute Gasteiger partial charge is 0.267 e. The molecule has 0 atom stereocenters. The van der Waals surface area contributed by atoms with Gasteiger partial charge in [0, 0.05) is 37.4 Å². The fourth-order valence-corrected chi connectivity index (χ4v) is 8.10. The van der Waals surface area contributed by atoms with E-state index < -0.39 is 9.84 Å². The van der Waals surface area contributed by atoms with E-state index in [1.54, 1.807) is 48.5 Å². The van der Waals surface area contributed by atoms with Gasteiger partial charge in [0.15, 0.2) is 0 Å². The predicted octanol–water partition coefficient (Wildman–Crippen LogP) is 7.35. The van der Waals surface area contributed by atoms with E-state index in [0.717, 1.165) is 37.1 Å². The number of sulfone groups is 1. The topological polar surface area (TPSA) is 100 Å². The van der Waals surface area contributed by atoms with Crippen LogP contribution in [0.15, 0.2) is 64.4 Å². The van der Waals surface area contributed by atoms with E-state index in [1.165, 1.54) is 75.5 Å². The fourth-order valence-electron chi connectivity index (χ4n) is 6.83. The van der Waals surface area contributed by atoms with Crippen molar-refractivity contribution in [2.45, 2.75) is 119 Å². The zero-order chi connectivity index (χ0) is 30.8. The number of carbonyl (C=O) groups is 1. The summed E-state index contributed by atoms with van der Waals surface area (Å²) >= 11 is 0. The van der Waals surface area contributed by atoms with Crippen molar-refractivity contribution in [2.24, 2.45) is 0 Å². The highest BCUT2D eigenvalue weighted by Crippen LogP contribution is 2.40. The summed E-state index contributed by atoms with van der Waals surface area (Å²) < 4.78 is 31.7. The van der Waals surface area contributed by atoms with Crippen LogP contribution in [-0.4, -0.2) is 32.5 Å². The summed E-state index contributed by atoms with van der Waals surface area (Å²) in [5.74, 6) is -0.136. The van der Waals surface area contributed by atoms with Crippen molar-refractivity contribution in [3.8, 4) is 0 Å². The molecule has 3 aromatic rings. The first-order chi connectivity index (χ1) is 21.4. The number of hydrogen-bond acceptors (Lipinski definition) is 5. The molecule has 3 N–H and O–H groups in total. The molecule has 1 aromatic heterocycles. The molecule has 2 aromatic carbocycles. The molecule has 2 aliphatic rings. The zero-order valence-electron chi connectivity index (χ0n) is 26.3. The third-order valence-corrected chi connectivity index (χ3v) is 11.2. The van der Waals surface area contributed by atoms with Crippen molar-refractivity contribution < 1.29 is 17.9 Å². The van der Waals surface area contributed by atoms with Crippen LogP contribution in [0.1, 0.15) is 117 Å². The molecule has 7 nitrogen and oxygen atoms in total. The summed E-state index contributed by atoms with van der Waals surface area (Å²) in [5, 5.41) is 6.71. The Hall–Kier alpha value is -2.94. The molecule has 0 saturated heterocycles. The summed E-state index contributed by atoms with van der Waals surface area (Å²) in [7, 11) is -3.64. The first kappa shape index (κ1) is 32.5. The highest BCUT2D eigenvalue weighted by Gasteiger charge is 2.38. The third kappa shape index (κ3) is 8.01. The van der Waals surface area contributed by atoms with Gasteiger partial charge in [0.05, 0.1) is 16.4 Å². The average Bonchev–Trinajstić information content (AvgIpc) is 3.50. The number of rotatable bonds is 8. The van der Waals surface area contributed by atoms with Gasteiger partial charge in [-0.2, -0.15) is 0 Å². The Morgan fingerprint density at radius 2 is 1.36 bits per heavy atom. The van der Waals surface area contributed by atoms with Crippen LogP contribution >= 0.6 is 0 Å². The van der Waals surface area contributed by atoms with Crippen LogP contribution in [0.4, 0.5) is 0 Å². The lowest BCUT2D eigenvalue weighted by atomic mass is 9.72. The Balaban J connectivity index is 1.22. The van der Waals surface area contributed by atoms with Gasteiger partial charge in [-0.25, -0.2) is 8.42 Å². The van der Waals surface area contributed by atoms with Crippen LogP contribution in [0, 0.1) is 0 Å². The van der Waals surface area contributed by atoms with Crippen LogP contribution in [0.2, 0.25) is 0 Å². The molecule has 0 radical (unpaired) electrons. The normalized spacial score (nSPS) is 18.0. The predicted molar refractivity (Wildman–Crippen MR) is 174 cm³/mol. The minimum absolute atomic E-state index is 0.0606. The van der Waals surface area contributed by atoms with Gasteiger partial charge in [-0.1, -0.05) is 88.5 Å². The number of ether oxygens (including phenoxy) is 1. The van der Waals surface area contributed by atoms with Crippen molar-refractivity contribution in [1.82, 2.24) is 15.6 Å². The van der Waals surface area contributed by atoms with Gasteiger partial charge in [0.25, 0.3) is 5.91 Å². The van der Waals surface area contributed by atoms with Gasteiger partial charge in [-0.05, 0) is 66.8 Å². The molecule has 0 unspecified atom stereocenters. The van der Waals surface area contributed by atoms with Gasteiger partial charge >= 0.3 is 0 Å². The van der Waals surface area contributed by atoms with E-state index in [2.05, 4.69) is 15.6 Å². The van der Waals surface area contributed by atoms with Gasteiger partial charge in [-0.15, -0.1) is 0 Å². The second kappa shape index (κ2) is 15.4. The lowest BCUT2D eigenvalue weighted by Crippen LogP contribution is -2.43. The standard InChI is InChI=1S/C36H49N3O4S/c1-2-43-26-29-15-19-32(20-16-29)44(41,42)31-17-13-28(14-18-31)24-38-35(40)33-23-30-25-37-27-36(34(30)39-33)21-11-9-7-5-3-4-6-8-10-12-22-36/h13-20,23,37,39H,2-12,21-22,24-27H2,1H3,(H,38,40). The Bertz CT molecular complexity index is 1450. The molecule has 1 fully saturated rings. The molecule has 238 valence electrons. The van der Waals surface area contributed by atoms with E-state index in [-0.39, 0.29) is 21.1 Å². The van der Waals surface area contributed by atoms with Crippen LogP contribution in [-0.2, 0) is 39.7 Å². The first-order valence-corrected chi connectivity index (χ1v) is 18.1. The summed E-state index contributed by atoms with van der Waals surface area (Å²) in [6, 6.07) is 15.6. The SMILES string of the molecule is CCOCc1ccc(S(=O)(=O)c2ccc(CNC(=O)c3cc4c([nH]3)C3(CCCCCCCCCCCC3)CNC4)cc2)cc1. The average molecular weight is 620 g/mol. The third-order valence-electron chi connectivity index (χ3n) is 9.41. The Morgan fingerprint density at radius 3 is 1.93 bits per heavy atom. The molecular weight excluding hydrogens is 570 g/mol. The number of hydrogen-bond donors (Lipinski definition) is 3. The van der Waals surface area contributed by atoms with E-state index in [4.69, 9.17) is 4.74 Å². The minimum Gasteiger partial charge on any atom is -0.377 e. The Morgan fingerprint density at radius 1 is 0.818 bits per heavy atom. The van der Waals surface area contributed by atoms with Gasteiger partial charge < -0.3 is 20.4 Å². The van der Waals surface area contributed by atoms with E-state index in [0.29, 0.717) is 25.5 Å². The van der Waals surface area contributed by atoms with Crippen molar-refractivity contribution >= 4 is 15.7 Å². The number of aromatic nitrogens is 1. The maximum atomic E-state index is 13.3. The van der Waals surface area contributed by atoms with Crippen molar-refractivity contribution in [3.05, 3.63) is 82.7 Å². The Labute approximate surface area is 263 Å². The summed E-state index contributed by atoms with van der Waals surface area (Å²) in [6.45, 7) is 5.06. The number of carbonyl (C=O) groups excluding carboxylic acids is 1. The van der Waals surface area contributed by atoms with Crippen molar-refractivity contribution in [3.63, 3.8) is 0 Å². The molecule has 0 bridgehead atoms. The van der Waals surface area contributed by atoms with E-state index >= 15 is 0 Å². The number of benzene rings is 2. The summed E-state index contributed by atoms with van der Waals surface area (Å²) in [6.07, 6.45) is 15.4. The summed E-state index contributed by atoms with van der Waals surface area (Å²) in [5.41, 5.74) is 4.92. The van der Waals surface area contributed by atoms with Crippen LogP contribution in [0.5, 0.6) is 0 Å². The Kier molecular flexibility index (Phi) is 11.3. The number of aromatic amines is 1. The van der Waals surface area contributed by atoms with Gasteiger partial charge in [0.1, 0.15) is 5.69 Å². The van der Waals surface area contributed by atoms with Crippen LogP contribution in [0.25, 0.3) is 0 Å². The maximum Gasteiger partial charge on any atom is 0.267 e. The maximum absolute atomic E-state index is 13.3. The van der Waals surface area contributed by atoms with E-state index in [9.17, 15) is 13.2 Å². The summed E-state index contributed by atoms with van der Waals surface area (Å²) in [4.78, 5) is 17.3. The number of amides is 1. The molecule has 1 aliphatic heterocycles. The highest BCUT2D eigenvalue weighted by atomic mass is 32.2. The monoisotopic (exact) mass is 619 g/mol. The molecule has 44 heavy (non-hydrogen) atoms.